The van der Waals surface area contributed by atoms with Crippen molar-refractivity contribution in [1.29, 1.82) is 0 Å². The molecule has 104 valence electrons. The number of carbonyl (C=O) groups is 1. The Balaban J connectivity index is 2.17. The number of rotatable bonds is 3. The van der Waals surface area contributed by atoms with E-state index in [-0.39, 0.29) is 5.91 Å². The lowest BCUT2D eigenvalue weighted by Crippen LogP contribution is -2.14. The van der Waals surface area contributed by atoms with Crippen molar-refractivity contribution in [2.45, 2.75) is 6.92 Å². The van der Waals surface area contributed by atoms with Crippen LogP contribution in [0.5, 0.6) is 0 Å². The van der Waals surface area contributed by atoms with Gasteiger partial charge in [-0.15, -0.1) is 0 Å². The maximum Gasteiger partial charge on any atom is 0.257 e. The minimum atomic E-state index is -0.604. The number of aromatic nitrogens is 1. The van der Waals surface area contributed by atoms with Gasteiger partial charge in [-0.05, 0) is 42.8 Å². The number of hydrogen-bond donors (Lipinski definition) is 1. The molecule has 0 saturated carbocycles. The number of nitrogens with one attached hydrogen (secondary N) is 1. The average molecular weight is 273 g/mol. The summed E-state index contributed by atoms with van der Waals surface area (Å²) in [5.41, 5.74) is 3.07. The number of pyridine rings is 1. The molecule has 5 heteroatoms. The first kappa shape index (κ1) is 14.0. The van der Waals surface area contributed by atoms with Crippen LogP contribution in [0, 0.1) is 12.9 Å². The first-order chi connectivity index (χ1) is 9.47. The van der Waals surface area contributed by atoms with Crippen LogP contribution in [0.3, 0.4) is 0 Å². The number of benzene rings is 1. The minimum absolute atomic E-state index is 0.307. The van der Waals surface area contributed by atoms with Gasteiger partial charge in [0.1, 0.15) is 0 Å². The highest BCUT2D eigenvalue weighted by Gasteiger charge is 2.09. The first-order valence-corrected chi connectivity index (χ1v) is 6.18. The van der Waals surface area contributed by atoms with Crippen molar-refractivity contribution in [3.63, 3.8) is 0 Å². The largest absolute Gasteiger partial charge is 0.378 e. The molecule has 0 bridgehead atoms. The summed E-state index contributed by atoms with van der Waals surface area (Å²) in [6.45, 7) is 1.92. The van der Waals surface area contributed by atoms with Gasteiger partial charge in [-0.2, -0.15) is 4.39 Å². The average Bonchev–Trinajstić information content (AvgIpc) is 2.41. The van der Waals surface area contributed by atoms with E-state index in [9.17, 15) is 9.18 Å². The quantitative estimate of drug-likeness (QED) is 0.875. The third kappa shape index (κ3) is 3.12. The molecule has 1 heterocycles. The zero-order chi connectivity index (χ0) is 14.7. The normalized spacial score (nSPS) is 10.2. The van der Waals surface area contributed by atoms with Gasteiger partial charge >= 0.3 is 0 Å². The summed E-state index contributed by atoms with van der Waals surface area (Å²) in [6.07, 6.45) is 1.22. The monoisotopic (exact) mass is 273 g/mol. The molecule has 1 N–H and O–H groups in total. The number of amides is 1. The molecule has 2 rings (SSSR count). The van der Waals surface area contributed by atoms with Gasteiger partial charge in [0, 0.05) is 31.7 Å². The summed E-state index contributed by atoms with van der Waals surface area (Å²) in [6, 6.07) is 8.32. The van der Waals surface area contributed by atoms with Gasteiger partial charge in [0.15, 0.2) is 0 Å². The van der Waals surface area contributed by atoms with Crippen LogP contribution in [0.1, 0.15) is 15.9 Å². The predicted octanol–water partition coefficient (Wildman–Crippen LogP) is 2.85. The zero-order valence-corrected chi connectivity index (χ0v) is 11.6. The highest BCUT2D eigenvalue weighted by atomic mass is 19.1. The summed E-state index contributed by atoms with van der Waals surface area (Å²) in [4.78, 5) is 17.5. The Morgan fingerprint density at radius 1 is 1.25 bits per heavy atom. The molecule has 1 aromatic carbocycles. The van der Waals surface area contributed by atoms with E-state index in [1.165, 1.54) is 12.3 Å². The lowest BCUT2D eigenvalue weighted by Gasteiger charge is -2.15. The Labute approximate surface area is 117 Å². The van der Waals surface area contributed by atoms with E-state index in [1.807, 2.05) is 44.1 Å². The van der Waals surface area contributed by atoms with Gasteiger partial charge in [0.2, 0.25) is 5.95 Å². The van der Waals surface area contributed by atoms with Crippen LogP contribution in [-0.2, 0) is 0 Å². The molecular weight excluding hydrogens is 257 g/mol. The molecule has 0 radical (unpaired) electrons. The van der Waals surface area contributed by atoms with Crippen LogP contribution in [0.2, 0.25) is 0 Å². The van der Waals surface area contributed by atoms with E-state index in [0.717, 1.165) is 23.0 Å². The molecule has 0 atom stereocenters. The first-order valence-electron chi connectivity index (χ1n) is 6.18. The Bertz CT molecular complexity index is 624. The fraction of sp³-hybridized carbons (Fsp3) is 0.200. The number of aryl methyl sites for hydroxylation is 1. The molecule has 0 aliphatic rings. The van der Waals surface area contributed by atoms with E-state index >= 15 is 0 Å². The zero-order valence-electron chi connectivity index (χ0n) is 11.6. The van der Waals surface area contributed by atoms with Crippen LogP contribution in [0.4, 0.5) is 15.8 Å². The fourth-order valence-electron chi connectivity index (χ4n) is 1.77. The van der Waals surface area contributed by atoms with Crippen molar-refractivity contribution in [2.75, 3.05) is 24.3 Å². The molecule has 0 aliphatic heterocycles. The van der Waals surface area contributed by atoms with Crippen molar-refractivity contribution >= 4 is 17.3 Å². The minimum Gasteiger partial charge on any atom is -0.378 e. The summed E-state index contributed by atoms with van der Waals surface area (Å²) < 4.78 is 12.7. The van der Waals surface area contributed by atoms with E-state index in [0.29, 0.717) is 5.56 Å². The molecule has 1 amide bonds. The van der Waals surface area contributed by atoms with E-state index in [4.69, 9.17) is 0 Å². The van der Waals surface area contributed by atoms with Crippen molar-refractivity contribution in [2.24, 2.45) is 0 Å². The summed E-state index contributed by atoms with van der Waals surface area (Å²) in [7, 11) is 3.91. The molecule has 0 unspecified atom stereocenters. The Kier molecular flexibility index (Phi) is 3.98. The molecule has 0 saturated heterocycles. The number of hydrogen-bond acceptors (Lipinski definition) is 3. The van der Waals surface area contributed by atoms with E-state index in [2.05, 4.69) is 10.3 Å². The second-order valence-electron chi connectivity index (χ2n) is 4.72. The maximum atomic E-state index is 12.7. The molecule has 20 heavy (non-hydrogen) atoms. The Hall–Kier alpha value is -2.43. The molecule has 0 aliphatic carbocycles. The molecule has 4 nitrogen and oxygen atoms in total. The third-order valence-corrected chi connectivity index (χ3v) is 2.96. The van der Waals surface area contributed by atoms with E-state index < -0.39 is 5.95 Å². The number of carbonyl (C=O) groups excluding carboxylic acids is 1. The highest BCUT2D eigenvalue weighted by Crippen LogP contribution is 2.21. The summed E-state index contributed by atoms with van der Waals surface area (Å²) in [5.74, 6) is -0.911. The van der Waals surface area contributed by atoms with Gasteiger partial charge in [0.05, 0.1) is 5.56 Å². The van der Waals surface area contributed by atoms with Gasteiger partial charge < -0.3 is 10.2 Å². The predicted molar refractivity (Wildman–Crippen MR) is 77.7 cm³/mol. The van der Waals surface area contributed by atoms with Gasteiger partial charge in [-0.1, -0.05) is 0 Å². The van der Waals surface area contributed by atoms with Crippen LogP contribution in [0.15, 0.2) is 36.5 Å². The Morgan fingerprint density at radius 2 is 2.00 bits per heavy atom. The lowest BCUT2D eigenvalue weighted by atomic mass is 10.1. The second-order valence-corrected chi connectivity index (χ2v) is 4.72. The summed E-state index contributed by atoms with van der Waals surface area (Å²) >= 11 is 0. The topological polar surface area (TPSA) is 45.2 Å². The summed E-state index contributed by atoms with van der Waals surface area (Å²) in [5, 5.41) is 2.79. The molecule has 0 spiro atoms. The van der Waals surface area contributed by atoms with Crippen LogP contribution in [-0.4, -0.2) is 25.0 Å². The molecular formula is C15H16FN3O. The van der Waals surface area contributed by atoms with Crippen LogP contribution < -0.4 is 10.2 Å². The lowest BCUT2D eigenvalue weighted by molar-refractivity contribution is 0.102. The maximum absolute atomic E-state index is 12.7. The number of halogens is 1. The standard InChI is InChI=1S/C15H16FN3O/c1-10-8-12(19(2)3)5-6-13(10)18-15(20)11-4-7-14(16)17-9-11/h4-9H,1-3H3,(H,18,20). The number of nitrogens with zero attached hydrogens (tertiary/aromatic N) is 2. The molecule has 1 aromatic heterocycles. The van der Waals surface area contributed by atoms with Gasteiger partial charge in [-0.25, -0.2) is 4.98 Å². The second kappa shape index (κ2) is 5.69. The molecule has 0 fully saturated rings. The smallest absolute Gasteiger partial charge is 0.257 e. The van der Waals surface area contributed by atoms with Crippen LogP contribution >= 0.6 is 0 Å². The SMILES string of the molecule is Cc1cc(N(C)C)ccc1NC(=O)c1ccc(F)nc1. The van der Waals surface area contributed by atoms with Crippen molar-refractivity contribution < 1.29 is 9.18 Å². The molecule has 2 aromatic rings. The highest BCUT2D eigenvalue weighted by molar-refractivity contribution is 6.04. The van der Waals surface area contributed by atoms with Gasteiger partial charge in [-0.3, -0.25) is 4.79 Å². The van der Waals surface area contributed by atoms with Crippen molar-refractivity contribution in [3.05, 3.63) is 53.6 Å². The Morgan fingerprint density at radius 3 is 2.55 bits per heavy atom. The van der Waals surface area contributed by atoms with Crippen LogP contribution in [0.25, 0.3) is 0 Å². The van der Waals surface area contributed by atoms with E-state index in [1.54, 1.807) is 0 Å². The van der Waals surface area contributed by atoms with Crippen molar-refractivity contribution in [3.8, 4) is 0 Å². The third-order valence-electron chi connectivity index (χ3n) is 2.96. The van der Waals surface area contributed by atoms with Gasteiger partial charge in [0.25, 0.3) is 5.91 Å². The van der Waals surface area contributed by atoms with Crippen molar-refractivity contribution in [1.82, 2.24) is 4.98 Å². The fourth-order valence-corrected chi connectivity index (χ4v) is 1.77. The number of anilines is 2.